The zero-order valence-electron chi connectivity index (χ0n) is 22.4. The van der Waals surface area contributed by atoms with Crippen LogP contribution in [0.2, 0.25) is 0 Å². The van der Waals surface area contributed by atoms with Gasteiger partial charge in [-0.3, -0.25) is 28.2 Å². The molecule has 7 unspecified atom stereocenters. The maximum absolute atomic E-state index is 12.5. The van der Waals surface area contributed by atoms with Gasteiger partial charge in [-0.1, -0.05) is 0 Å². The molecule has 2 aliphatic rings. The first-order valence-electron chi connectivity index (χ1n) is 12.7. The van der Waals surface area contributed by atoms with Crippen molar-refractivity contribution >= 4 is 21.6 Å². The predicted octanol–water partition coefficient (Wildman–Crippen LogP) is -4.76. The van der Waals surface area contributed by atoms with Gasteiger partial charge in [0, 0.05) is 18.7 Å². The van der Waals surface area contributed by atoms with E-state index in [1.165, 1.54) is 0 Å². The van der Waals surface area contributed by atoms with Crippen LogP contribution < -0.4 is 22.3 Å². The van der Waals surface area contributed by atoms with Crippen LogP contribution in [0.25, 0.3) is 0 Å². The van der Waals surface area contributed by atoms with E-state index in [0.717, 1.165) is 17.7 Å². The average molecular weight is 664 g/mol. The topological polar surface area (TPSA) is 332 Å². The third-order valence-corrected chi connectivity index (χ3v) is 9.00. The molecule has 11 atom stereocenters. The van der Waals surface area contributed by atoms with Gasteiger partial charge in [0.15, 0.2) is 12.5 Å². The number of H-pyrrole nitrogens is 1. The molecule has 21 nitrogen and oxygen atoms in total. The second-order valence-corrected chi connectivity index (χ2v) is 12.6. The summed E-state index contributed by atoms with van der Waals surface area (Å²) in [6.45, 7) is -0.715. The van der Waals surface area contributed by atoms with Crippen molar-refractivity contribution < 1.29 is 72.1 Å². The molecule has 0 spiro atoms. The summed E-state index contributed by atoms with van der Waals surface area (Å²) >= 11 is 0. The quantitative estimate of drug-likeness (QED) is 0.0885. The zero-order chi connectivity index (χ0) is 32.3. The first-order chi connectivity index (χ1) is 20.0. The third-order valence-electron chi connectivity index (χ3n) is 6.40. The van der Waals surface area contributed by atoms with Gasteiger partial charge in [-0.15, -0.1) is 0 Å². The lowest BCUT2D eigenvalue weighted by Crippen LogP contribution is -2.64. The van der Waals surface area contributed by atoms with Crippen LogP contribution in [0.3, 0.4) is 0 Å². The summed E-state index contributed by atoms with van der Waals surface area (Å²) in [6, 6.07) is -1.70. The van der Waals surface area contributed by atoms with Gasteiger partial charge >= 0.3 is 21.3 Å². The number of hydrogen-bond donors (Lipinski definition) is 10. The molecule has 0 aromatic carbocycles. The number of phosphoric ester groups is 2. The zero-order valence-corrected chi connectivity index (χ0v) is 24.2. The van der Waals surface area contributed by atoms with Crippen molar-refractivity contribution in [2.75, 3.05) is 19.8 Å². The Bertz CT molecular complexity index is 1340. The minimum atomic E-state index is -5.65. The molecule has 3 heterocycles. The molecule has 0 radical (unpaired) electrons. The molecule has 43 heavy (non-hydrogen) atoms. The van der Waals surface area contributed by atoms with Crippen molar-refractivity contribution in [3.8, 4) is 0 Å². The van der Waals surface area contributed by atoms with Crippen molar-refractivity contribution in [2.45, 2.75) is 74.9 Å². The minimum absolute atomic E-state index is 0.122. The number of nitrogens with zero attached hydrogens (tertiary/aromatic N) is 1. The number of aromatic amines is 1. The molecule has 1 aromatic rings. The lowest BCUT2D eigenvalue weighted by molar-refractivity contribution is -0.247. The molecule has 23 heteroatoms. The highest BCUT2D eigenvalue weighted by Crippen LogP contribution is 2.61. The second-order valence-electron chi connectivity index (χ2n) is 9.61. The molecule has 0 aliphatic carbocycles. The lowest BCUT2D eigenvalue weighted by Gasteiger charge is -2.42. The van der Waals surface area contributed by atoms with Gasteiger partial charge in [0.1, 0.15) is 42.7 Å². The molecule has 0 saturated carbocycles. The molecule has 3 rings (SSSR count). The Morgan fingerprint density at radius 3 is 2.33 bits per heavy atom. The number of nitrogens with one attached hydrogen (secondary N) is 2. The van der Waals surface area contributed by atoms with Gasteiger partial charge in [-0.05, 0) is 19.4 Å². The van der Waals surface area contributed by atoms with Gasteiger partial charge in [0.2, 0.25) is 5.91 Å². The van der Waals surface area contributed by atoms with Crippen molar-refractivity contribution in [3.63, 3.8) is 0 Å². The molecule has 1 aromatic heterocycles. The number of aromatic nitrogens is 2. The first-order valence-corrected chi connectivity index (χ1v) is 15.6. The lowest BCUT2D eigenvalue weighted by atomic mass is 9.97. The number of carbonyl (C=O) groups is 1. The van der Waals surface area contributed by atoms with Crippen molar-refractivity contribution in [1.82, 2.24) is 14.9 Å². The van der Waals surface area contributed by atoms with Crippen LogP contribution in [0, 0.1) is 0 Å². The monoisotopic (exact) mass is 664 g/mol. The van der Waals surface area contributed by atoms with Crippen LogP contribution >= 0.6 is 15.6 Å². The fourth-order valence-electron chi connectivity index (χ4n) is 4.32. The molecular formula is C20H34N4O17P2. The number of rotatable bonds is 13. The summed E-state index contributed by atoms with van der Waals surface area (Å²) < 4.78 is 49.8. The van der Waals surface area contributed by atoms with Crippen LogP contribution in [-0.2, 0) is 43.2 Å². The van der Waals surface area contributed by atoms with Gasteiger partial charge in [0.25, 0.3) is 5.56 Å². The summed E-state index contributed by atoms with van der Waals surface area (Å²) in [5.74, 6) is -0.799. The summed E-state index contributed by atoms with van der Waals surface area (Å²) in [7, 11) is -11.2. The van der Waals surface area contributed by atoms with Crippen LogP contribution in [0.15, 0.2) is 15.8 Å². The van der Waals surface area contributed by atoms with E-state index in [2.05, 4.69) is 18.7 Å². The smallest absolute Gasteiger partial charge is 0.394 e. The molecule has 246 valence electrons. The Labute approximate surface area is 242 Å². The van der Waals surface area contributed by atoms with E-state index < -0.39 is 101 Å². The van der Waals surface area contributed by atoms with Crippen molar-refractivity contribution in [2.24, 2.45) is 5.73 Å². The Balaban J connectivity index is 1.68. The molecule has 0 bridgehead atoms. The number of nitrogens with two attached hydrogens (primary N) is 1. The van der Waals surface area contributed by atoms with Crippen LogP contribution in [0.4, 0.5) is 0 Å². The standard InChI is InChI=1S/C20H34N4O17P2/c1-8(26)22-12-15(29)13(27)10(6-25)39-19(12)40-43(35,36)41-42(33,34)37-7-11-14(28)16(30)18(38-11)24-5-9(3-2-4-21)17(31)23-20(24)32/h5,10-16,18-19,25,27-30H,2-4,6-7,21H2,1H3,(H,22,26)(H,33,34)(H,35,36)(H,23,31,32)/t10?,11-,12?,13?,14-,15?,16-,18-,19?/m1/s1. The van der Waals surface area contributed by atoms with E-state index in [4.69, 9.17) is 15.2 Å². The van der Waals surface area contributed by atoms with Gasteiger partial charge in [-0.25, -0.2) is 13.9 Å². The number of amides is 1. The molecule has 11 N–H and O–H groups in total. The third kappa shape index (κ3) is 8.85. The fourth-order valence-corrected chi connectivity index (χ4v) is 6.48. The van der Waals surface area contributed by atoms with Crippen LogP contribution in [0.5, 0.6) is 0 Å². The summed E-state index contributed by atoms with van der Waals surface area (Å²) in [4.78, 5) is 58.0. The fraction of sp³-hybridized carbons (Fsp3) is 0.750. The van der Waals surface area contributed by atoms with Gasteiger partial charge in [0.05, 0.1) is 13.2 Å². The van der Waals surface area contributed by atoms with E-state index in [1.54, 1.807) is 0 Å². The van der Waals surface area contributed by atoms with E-state index in [-0.39, 0.29) is 18.5 Å². The highest BCUT2D eigenvalue weighted by atomic mass is 31.3. The van der Waals surface area contributed by atoms with Crippen molar-refractivity contribution in [1.29, 1.82) is 0 Å². The number of hydrogen-bond acceptors (Lipinski definition) is 16. The summed E-state index contributed by atoms with van der Waals surface area (Å²) in [6.07, 6.45) is -12.5. The minimum Gasteiger partial charge on any atom is -0.394 e. The highest BCUT2D eigenvalue weighted by Gasteiger charge is 2.50. The second kappa shape index (κ2) is 14.5. The average Bonchev–Trinajstić information content (AvgIpc) is 3.18. The summed E-state index contributed by atoms with van der Waals surface area (Å²) in [5, 5.41) is 52.5. The number of aliphatic hydroxyl groups excluding tert-OH is 5. The molecule has 2 saturated heterocycles. The van der Waals surface area contributed by atoms with Gasteiger partial charge < -0.3 is 55.8 Å². The number of aryl methyl sites for hydroxylation is 1. The van der Waals surface area contributed by atoms with Crippen LogP contribution in [0.1, 0.15) is 25.1 Å². The molecule has 2 aliphatic heterocycles. The number of ether oxygens (including phenoxy) is 2. The Morgan fingerprint density at radius 1 is 1.07 bits per heavy atom. The predicted molar refractivity (Wildman–Crippen MR) is 138 cm³/mol. The number of phosphoric acid groups is 2. The van der Waals surface area contributed by atoms with Crippen molar-refractivity contribution in [3.05, 3.63) is 32.6 Å². The number of aliphatic hydroxyl groups is 5. The number of carbonyl (C=O) groups excluding carboxylic acids is 1. The van der Waals surface area contributed by atoms with E-state index >= 15 is 0 Å². The Hall–Kier alpha value is -1.91. The normalized spacial score (nSPS) is 33.9. The maximum atomic E-state index is 12.5. The Morgan fingerprint density at radius 2 is 1.72 bits per heavy atom. The van der Waals surface area contributed by atoms with E-state index in [0.29, 0.717) is 6.42 Å². The first kappa shape index (κ1) is 35.6. The molecule has 2 fully saturated rings. The van der Waals surface area contributed by atoms with E-state index in [1.807, 2.05) is 4.98 Å². The van der Waals surface area contributed by atoms with Crippen LogP contribution in [-0.4, -0.2) is 119 Å². The van der Waals surface area contributed by atoms with Gasteiger partial charge in [-0.2, -0.15) is 4.31 Å². The Kier molecular flexibility index (Phi) is 12.0. The van der Waals surface area contributed by atoms with E-state index in [9.17, 15) is 58.8 Å². The SMILES string of the molecule is CC(=O)NC1C(OP(=O)(O)OP(=O)(O)OC[C@H]2O[C@@H](n3cc(CCCN)c(=O)[nH]c3=O)[C@H](O)[C@@H]2O)OC(CO)C(O)C1O. The molecular weight excluding hydrogens is 630 g/mol. The highest BCUT2D eigenvalue weighted by molar-refractivity contribution is 7.61. The summed E-state index contributed by atoms with van der Waals surface area (Å²) in [5.41, 5.74) is 3.86. The molecule has 1 amide bonds. The largest absolute Gasteiger partial charge is 0.483 e. The maximum Gasteiger partial charge on any atom is 0.483 e.